The Balaban J connectivity index is 1.23. The summed E-state index contributed by atoms with van der Waals surface area (Å²) in [4.78, 5) is 100.0. The third kappa shape index (κ3) is 37.4. The number of ketones is 2. The fraction of sp³-hybridized carbons (Fsp3) is 0.825. The number of nitrogens with one attached hydrogen (secondary N) is 2. The molecule has 2 N–H and O–H groups in total. The van der Waals surface area contributed by atoms with Crippen LogP contribution in [0.4, 0.5) is 0 Å². The van der Waals surface area contributed by atoms with Crippen molar-refractivity contribution in [2.75, 3.05) is 85.8 Å². The fourth-order valence-electron chi connectivity index (χ4n) is 13.5. The summed E-state index contributed by atoms with van der Waals surface area (Å²) in [5, 5.41) is 5.96. The highest BCUT2D eigenvalue weighted by Gasteiger charge is 2.44. The molecule has 0 radical (unpaired) electrons. The van der Waals surface area contributed by atoms with Gasteiger partial charge >= 0.3 is 23.9 Å². The van der Waals surface area contributed by atoms with Crippen LogP contribution in [0.15, 0.2) is 30.3 Å². The van der Waals surface area contributed by atoms with Gasteiger partial charge in [-0.3, -0.25) is 38.4 Å². The molecule has 3 aliphatic rings. The van der Waals surface area contributed by atoms with Crippen molar-refractivity contribution in [2.45, 2.75) is 287 Å². The zero-order valence-corrected chi connectivity index (χ0v) is 65.0. The van der Waals surface area contributed by atoms with Gasteiger partial charge in [-0.05, 0) is 86.0 Å². The van der Waals surface area contributed by atoms with Crippen LogP contribution in [0.25, 0.3) is 0 Å². The number of hydrogen-bond donors (Lipinski definition) is 2. The minimum atomic E-state index is -1.10. The Morgan fingerprint density at radius 1 is 0.398 bits per heavy atom. The van der Waals surface area contributed by atoms with Crippen molar-refractivity contribution >= 4 is 47.3 Å². The van der Waals surface area contributed by atoms with Gasteiger partial charge in [-0.2, -0.15) is 0 Å². The highest BCUT2D eigenvalue weighted by atomic mass is 16.7. The summed E-state index contributed by atoms with van der Waals surface area (Å²) in [5.74, 6) is -0.137. The lowest BCUT2D eigenvalue weighted by molar-refractivity contribution is -0.255. The molecule has 16 atom stereocenters. The standard InChI is InChI=1S/C80H134N2O21/c1-56-58(3)71(50-97-65(10)84)101-77(62(56)7)94-42-31-22-19-17-15-13-14-16-18-20-28-36-69(87)38-45-91-53-80(48-75(90)100-49-68-34-26-24-27-35-68,55-93-47-40-74(89)81-41-30-25-33-43-95-78-63(8)57(2)59(4)72(102-78)51-98-66(11)85)54-92-46-39-70(88)37-29-21-23-32-44-96-79-76(82-64(9)83)61(6)60(5)73(103-79)52-99-67(12)86/h24,26-27,34-35,56-63,71-73,76-79H,13-23,25,28-33,36-55H2,1-12H3,(H,81,89)(H,82,83)/t56-,57-,58+,59+,60+,61-,62?,63?,71?,72?,73?,76?,77+,78+,79+,80?/m0/s1. The summed E-state index contributed by atoms with van der Waals surface area (Å²) in [6, 6.07) is 8.99. The Hall–Kier alpha value is -4.98. The predicted molar refractivity (Wildman–Crippen MR) is 390 cm³/mol. The first kappa shape index (κ1) is 90.4. The molecular weight excluding hydrogens is 1320 g/mol. The molecule has 7 unspecified atom stereocenters. The molecule has 1 aromatic rings. The van der Waals surface area contributed by atoms with Crippen LogP contribution in [0.1, 0.15) is 243 Å². The molecule has 23 nitrogen and oxygen atoms in total. The predicted octanol–water partition coefficient (Wildman–Crippen LogP) is 12.9. The SMILES string of the molecule is CC(=O)NC1[C@H](OCCCCCCC(=O)CCOCC(COCCC(=O)CCCCCCCCCCCCCO[C@@H]2OC(COC(C)=O)[C@H](C)[C@H](C)C2C)(COCCC(=O)NCCCCCO[C@@H]2OC(COC(C)=O)[C@H](C)[C@H](C)C2C)CC(=O)OCc2ccccc2)OC(COC(C)=O)[C@H](C)[C@@H]1C. The number of esters is 4. The maximum absolute atomic E-state index is 13.8. The van der Waals surface area contributed by atoms with Crippen molar-refractivity contribution in [3.8, 4) is 0 Å². The Bertz CT molecular complexity index is 2560. The van der Waals surface area contributed by atoms with Gasteiger partial charge in [0, 0.05) is 98.0 Å². The molecule has 0 aromatic heterocycles. The van der Waals surface area contributed by atoms with E-state index in [1.54, 1.807) is 0 Å². The van der Waals surface area contributed by atoms with Gasteiger partial charge in [-0.1, -0.05) is 156 Å². The molecule has 0 saturated carbocycles. The van der Waals surface area contributed by atoms with Crippen molar-refractivity contribution in [2.24, 2.45) is 52.8 Å². The quantitative estimate of drug-likeness (QED) is 0.0348. The third-order valence-electron chi connectivity index (χ3n) is 21.2. The molecule has 3 fully saturated rings. The highest BCUT2D eigenvalue weighted by Crippen LogP contribution is 2.38. The van der Waals surface area contributed by atoms with Crippen LogP contribution in [-0.4, -0.2) is 176 Å². The average molecular weight is 1460 g/mol. The summed E-state index contributed by atoms with van der Waals surface area (Å²) in [6.07, 6.45) is 16.3. The maximum atomic E-state index is 13.8. The van der Waals surface area contributed by atoms with Gasteiger partial charge < -0.3 is 72.2 Å². The molecule has 0 spiro atoms. The second-order valence-electron chi connectivity index (χ2n) is 29.8. The lowest BCUT2D eigenvalue weighted by Crippen LogP contribution is -2.58. The van der Waals surface area contributed by atoms with Crippen LogP contribution in [-0.2, 0) is 107 Å². The lowest BCUT2D eigenvalue weighted by Gasteiger charge is -2.44. The largest absolute Gasteiger partial charge is 0.463 e. The van der Waals surface area contributed by atoms with Crippen molar-refractivity contribution in [3.05, 3.63) is 35.9 Å². The number of rotatable bonds is 56. The number of Topliss-reactive ketones (excluding diaryl/α,β-unsaturated/α-hetero) is 2. The van der Waals surface area contributed by atoms with Crippen LogP contribution >= 0.6 is 0 Å². The second-order valence-corrected chi connectivity index (χ2v) is 29.8. The Morgan fingerprint density at radius 3 is 1.20 bits per heavy atom. The van der Waals surface area contributed by atoms with E-state index < -0.39 is 29.9 Å². The number of hydrogen-bond acceptors (Lipinski definition) is 21. The first-order valence-corrected chi connectivity index (χ1v) is 39.1. The molecule has 1 aromatic carbocycles. The van der Waals surface area contributed by atoms with Crippen molar-refractivity contribution in [1.29, 1.82) is 0 Å². The maximum Gasteiger partial charge on any atom is 0.306 e. The van der Waals surface area contributed by atoms with E-state index in [-0.39, 0.29) is 193 Å². The van der Waals surface area contributed by atoms with Gasteiger partial charge in [0.2, 0.25) is 11.8 Å². The number of carbonyl (C=O) groups is 8. The van der Waals surface area contributed by atoms with Gasteiger partial charge in [0.15, 0.2) is 18.9 Å². The number of amides is 2. The van der Waals surface area contributed by atoms with E-state index in [0.717, 1.165) is 76.2 Å². The molecule has 590 valence electrons. The molecule has 4 rings (SSSR count). The van der Waals surface area contributed by atoms with Crippen LogP contribution in [0.3, 0.4) is 0 Å². The summed E-state index contributed by atoms with van der Waals surface area (Å²) in [6.45, 7) is 25.4. The zero-order chi connectivity index (χ0) is 75.4. The Labute approximate surface area is 616 Å². The first-order chi connectivity index (χ1) is 49.4. The van der Waals surface area contributed by atoms with Gasteiger partial charge in [-0.15, -0.1) is 0 Å². The van der Waals surface area contributed by atoms with E-state index in [9.17, 15) is 38.4 Å². The van der Waals surface area contributed by atoms with E-state index in [2.05, 4.69) is 52.2 Å². The third-order valence-corrected chi connectivity index (χ3v) is 21.2. The normalized spacial score (nSPS) is 25.4. The van der Waals surface area contributed by atoms with Crippen molar-refractivity contribution in [1.82, 2.24) is 10.6 Å². The Morgan fingerprint density at radius 2 is 0.777 bits per heavy atom. The van der Waals surface area contributed by atoms with E-state index in [1.165, 1.54) is 59.8 Å². The zero-order valence-electron chi connectivity index (χ0n) is 65.0. The van der Waals surface area contributed by atoms with Crippen LogP contribution < -0.4 is 10.6 Å². The van der Waals surface area contributed by atoms with Gasteiger partial charge in [0.1, 0.15) is 38.0 Å². The number of ether oxygens (including phenoxy) is 13. The summed E-state index contributed by atoms with van der Waals surface area (Å²) in [7, 11) is 0. The Kier molecular flexibility index (Phi) is 45.7. The van der Waals surface area contributed by atoms with E-state index in [0.29, 0.717) is 63.9 Å². The smallest absolute Gasteiger partial charge is 0.306 e. The molecule has 3 aliphatic heterocycles. The second kappa shape index (κ2) is 52.1. The van der Waals surface area contributed by atoms with Crippen molar-refractivity contribution < 1.29 is 99.9 Å². The lowest BCUT2D eigenvalue weighted by atomic mass is 9.79. The van der Waals surface area contributed by atoms with E-state index in [1.807, 2.05) is 44.2 Å². The molecule has 0 aliphatic carbocycles. The topological polar surface area (TPSA) is 281 Å². The van der Waals surface area contributed by atoms with E-state index >= 15 is 0 Å². The van der Waals surface area contributed by atoms with Crippen LogP contribution in [0.2, 0.25) is 0 Å². The summed E-state index contributed by atoms with van der Waals surface area (Å²) < 4.78 is 77.5. The monoisotopic (exact) mass is 1460 g/mol. The van der Waals surface area contributed by atoms with Gasteiger partial charge in [0.25, 0.3) is 0 Å². The number of benzene rings is 1. The molecule has 3 heterocycles. The molecule has 103 heavy (non-hydrogen) atoms. The first-order valence-electron chi connectivity index (χ1n) is 39.1. The minimum Gasteiger partial charge on any atom is -0.463 e. The average Bonchev–Trinajstić information content (AvgIpc) is 0.822. The van der Waals surface area contributed by atoms with Crippen LogP contribution in [0.5, 0.6) is 0 Å². The number of carbonyl (C=O) groups excluding carboxylic acids is 8. The van der Waals surface area contributed by atoms with Gasteiger partial charge in [-0.25, -0.2) is 0 Å². The van der Waals surface area contributed by atoms with Gasteiger partial charge in [0.05, 0.1) is 75.8 Å². The molecular formula is C80H134N2O21. The highest BCUT2D eigenvalue weighted by molar-refractivity contribution is 5.79. The summed E-state index contributed by atoms with van der Waals surface area (Å²) >= 11 is 0. The molecule has 2 amide bonds. The molecule has 23 heteroatoms. The van der Waals surface area contributed by atoms with E-state index in [4.69, 9.17) is 61.6 Å². The number of unbranched alkanes of at least 4 members (excludes halogenated alkanes) is 15. The van der Waals surface area contributed by atoms with Crippen LogP contribution in [0, 0.1) is 52.8 Å². The molecule has 3 saturated heterocycles. The fourth-order valence-corrected chi connectivity index (χ4v) is 13.5. The summed E-state index contributed by atoms with van der Waals surface area (Å²) in [5.41, 5.74) is -0.278. The van der Waals surface area contributed by atoms with Crippen molar-refractivity contribution in [3.63, 3.8) is 0 Å². The molecule has 0 bridgehead atoms. The minimum absolute atomic E-state index is 0.00154.